The Labute approximate surface area is 180 Å². The summed E-state index contributed by atoms with van der Waals surface area (Å²) >= 11 is 0. The van der Waals surface area contributed by atoms with Gasteiger partial charge in [-0.25, -0.2) is 4.79 Å². The average molecular weight is 423 g/mol. The van der Waals surface area contributed by atoms with E-state index in [0.717, 1.165) is 0 Å². The highest BCUT2D eigenvalue weighted by Gasteiger charge is 2.22. The predicted molar refractivity (Wildman–Crippen MR) is 115 cm³/mol. The van der Waals surface area contributed by atoms with Crippen molar-refractivity contribution in [2.75, 3.05) is 13.7 Å². The lowest BCUT2D eigenvalue weighted by Crippen LogP contribution is -2.47. The summed E-state index contributed by atoms with van der Waals surface area (Å²) in [5.74, 6) is -1.21. The number of rotatable bonds is 9. The highest BCUT2D eigenvalue weighted by Crippen LogP contribution is 2.31. The van der Waals surface area contributed by atoms with E-state index >= 15 is 0 Å². The fourth-order valence-corrected chi connectivity index (χ4v) is 3.06. The molecule has 2 aromatic rings. The van der Waals surface area contributed by atoms with Crippen molar-refractivity contribution >= 4 is 17.8 Å². The number of benzene rings is 2. The Morgan fingerprint density at radius 1 is 1.10 bits per heavy atom. The number of nitriles is 1. The molecule has 0 unspecified atom stereocenters. The molecule has 0 fully saturated rings. The van der Waals surface area contributed by atoms with Gasteiger partial charge in [0.25, 0.3) is 5.91 Å². The van der Waals surface area contributed by atoms with Gasteiger partial charge >= 0.3 is 5.97 Å². The third kappa shape index (κ3) is 6.31. The van der Waals surface area contributed by atoms with Gasteiger partial charge in [-0.1, -0.05) is 26.0 Å². The lowest BCUT2D eigenvalue weighted by atomic mass is 9.99. The zero-order chi connectivity index (χ0) is 23.0. The van der Waals surface area contributed by atoms with Crippen LogP contribution < -0.4 is 15.4 Å². The van der Waals surface area contributed by atoms with Gasteiger partial charge in [0, 0.05) is 11.1 Å². The number of nitrogens with one attached hydrogen (secondary N) is 2. The first kappa shape index (κ1) is 23.4. The zero-order valence-electron chi connectivity index (χ0n) is 17.6. The molecule has 3 N–H and O–H groups in total. The summed E-state index contributed by atoms with van der Waals surface area (Å²) in [6.07, 6.45) is 0.431. The van der Waals surface area contributed by atoms with Crippen LogP contribution in [0.1, 0.15) is 41.0 Å². The van der Waals surface area contributed by atoms with Crippen molar-refractivity contribution < 1.29 is 24.2 Å². The van der Waals surface area contributed by atoms with Crippen molar-refractivity contribution in [3.8, 4) is 22.9 Å². The quantitative estimate of drug-likeness (QED) is 0.532. The molecule has 0 spiro atoms. The standard InChI is InChI=1S/C23H25N3O5/c1-14(2)12-19(22(28)25-11-10-24)26-21(27)16-6-4-15(5-7-16)18-13-17(23(29)30)8-9-20(18)31-3/h4-9,13-14,19H,11-12H2,1-3H3,(H,25,28)(H,26,27)(H,29,30)/t19-/m0/s1. The van der Waals surface area contributed by atoms with E-state index in [4.69, 9.17) is 10.00 Å². The van der Waals surface area contributed by atoms with E-state index in [1.54, 1.807) is 30.3 Å². The van der Waals surface area contributed by atoms with E-state index in [2.05, 4.69) is 10.6 Å². The Hall–Kier alpha value is -3.86. The predicted octanol–water partition coefficient (Wildman–Crippen LogP) is 2.84. The topological polar surface area (TPSA) is 129 Å². The third-order valence-electron chi connectivity index (χ3n) is 4.58. The van der Waals surface area contributed by atoms with Crippen molar-refractivity contribution in [2.24, 2.45) is 5.92 Å². The summed E-state index contributed by atoms with van der Waals surface area (Å²) in [6, 6.07) is 12.2. The maximum atomic E-state index is 12.7. The van der Waals surface area contributed by atoms with E-state index in [9.17, 15) is 19.5 Å². The van der Waals surface area contributed by atoms with Crippen LogP contribution in [-0.4, -0.2) is 42.6 Å². The smallest absolute Gasteiger partial charge is 0.335 e. The highest BCUT2D eigenvalue weighted by atomic mass is 16.5. The van der Waals surface area contributed by atoms with Crippen LogP contribution in [0.3, 0.4) is 0 Å². The van der Waals surface area contributed by atoms with Crippen molar-refractivity contribution in [2.45, 2.75) is 26.3 Å². The first-order valence-electron chi connectivity index (χ1n) is 9.74. The van der Waals surface area contributed by atoms with E-state index < -0.39 is 23.8 Å². The molecule has 0 radical (unpaired) electrons. The fourth-order valence-electron chi connectivity index (χ4n) is 3.06. The minimum absolute atomic E-state index is 0.123. The molecule has 0 aliphatic rings. The van der Waals surface area contributed by atoms with Gasteiger partial charge in [-0.15, -0.1) is 0 Å². The van der Waals surface area contributed by atoms with Gasteiger partial charge in [-0.3, -0.25) is 9.59 Å². The molecule has 2 rings (SSSR count). The number of ether oxygens (including phenoxy) is 1. The molecule has 0 aromatic heterocycles. The molecule has 0 aliphatic carbocycles. The third-order valence-corrected chi connectivity index (χ3v) is 4.58. The Morgan fingerprint density at radius 2 is 1.74 bits per heavy atom. The molecule has 8 heteroatoms. The number of aromatic carboxylic acids is 1. The molecule has 0 heterocycles. The minimum Gasteiger partial charge on any atom is -0.496 e. The lowest BCUT2D eigenvalue weighted by molar-refractivity contribution is -0.123. The number of carboxylic acids is 1. The molecular weight excluding hydrogens is 398 g/mol. The van der Waals surface area contributed by atoms with Gasteiger partial charge in [-0.2, -0.15) is 5.26 Å². The number of carbonyl (C=O) groups excluding carboxylic acids is 2. The number of methoxy groups -OCH3 is 1. The largest absolute Gasteiger partial charge is 0.496 e. The molecule has 162 valence electrons. The van der Waals surface area contributed by atoms with Gasteiger partial charge in [0.05, 0.1) is 18.7 Å². The molecule has 2 amide bonds. The van der Waals surface area contributed by atoms with Gasteiger partial charge in [-0.05, 0) is 48.2 Å². The summed E-state index contributed by atoms with van der Waals surface area (Å²) in [4.78, 5) is 36.2. The van der Waals surface area contributed by atoms with Crippen LogP contribution in [0.2, 0.25) is 0 Å². The van der Waals surface area contributed by atoms with Crippen LogP contribution in [0, 0.1) is 17.2 Å². The summed E-state index contributed by atoms with van der Waals surface area (Å²) in [7, 11) is 1.49. The summed E-state index contributed by atoms with van der Waals surface area (Å²) < 4.78 is 5.32. The Bertz CT molecular complexity index is 993. The van der Waals surface area contributed by atoms with Crippen molar-refractivity contribution in [3.63, 3.8) is 0 Å². The first-order chi connectivity index (χ1) is 14.8. The molecule has 2 aromatic carbocycles. The molecule has 0 saturated heterocycles. The molecular formula is C23H25N3O5. The van der Waals surface area contributed by atoms with Crippen molar-refractivity contribution in [1.29, 1.82) is 5.26 Å². The van der Waals surface area contributed by atoms with Crippen molar-refractivity contribution in [3.05, 3.63) is 53.6 Å². The van der Waals surface area contributed by atoms with Gasteiger partial charge in [0.15, 0.2) is 0 Å². The molecule has 0 aliphatic heterocycles. The van der Waals surface area contributed by atoms with E-state index in [1.807, 2.05) is 19.9 Å². The summed E-state index contributed by atoms with van der Waals surface area (Å²) in [5.41, 5.74) is 1.74. The molecule has 1 atom stereocenters. The Morgan fingerprint density at radius 3 is 2.29 bits per heavy atom. The van der Waals surface area contributed by atoms with E-state index in [0.29, 0.717) is 28.9 Å². The van der Waals surface area contributed by atoms with Crippen LogP contribution in [0.15, 0.2) is 42.5 Å². The van der Waals surface area contributed by atoms with E-state index in [1.165, 1.54) is 19.2 Å². The van der Waals surface area contributed by atoms with Gasteiger partial charge < -0.3 is 20.5 Å². The lowest BCUT2D eigenvalue weighted by Gasteiger charge is -2.19. The Balaban J connectivity index is 2.23. The van der Waals surface area contributed by atoms with Crippen LogP contribution in [0.5, 0.6) is 5.75 Å². The second kappa shape index (κ2) is 10.8. The van der Waals surface area contributed by atoms with Crippen LogP contribution in [0.25, 0.3) is 11.1 Å². The number of hydrogen-bond acceptors (Lipinski definition) is 5. The monoisotopic (exact) mass is 423 g/mol. The molecule has 8 nitrogen and oxygen atoms in total. The minimum atomic E-state index is -1.05. The maximum Gasteiger partial charge on any atom is 0.335 e. The van der Waals surface area contributed by atoms with Gasteiger partial charge in [0.2, 0.25) is 5.91 Å². The highest BCUT2D eigenvalue weighted by molar-refractivity contribution is 5.98. The number of carboxylic acid groups (broad SMARTS) is 1. The fraction of sp³-hybridized carbons (Fsp3) is 0.304. The van der Waals surface area contributed by atoms with E-state index in [-0.39, 0.29) is 18.0 Å². The van der Waals surface area contributed by atoms with Crippen LogP contribution in [-0.2, 0) is 4.79 Å². The van der Waals surface area contributed by atoms with Crippen LogP contribution >= 0.6 is 0 Å². The molecule has 0 saturated carbocycles. The summed E-state index contributed by atoms with van der Waals surface area (Å²) in [5, 5.41) is 23.1. The number of hydrogen-bond donors (Lipinski definition) is 3. The second-order valence-corrected chi connectivity index (χ2v) is 7.33. The van der Waals surface area contributed by atoms with Crippen molar-refractivity contribution in [1.82, 2.24) is 10.6 Å². The van der Waals surface area contributed by atoms with Crippen LogP contribution in [0.4, 0.5) is 0 Å². The number of nitrogens with zero attached hydrogens (tertiary/aromatic N) is 1. The normalized spacial score (nSPS) is 11.3. The molecule has 0 bridgehead atoms. The summed E-state index contributed by atoms with van der Waals surface area (Å²) in [6.45, 7) is 3.74. The second-order valence-electron chi connectivity index (χ2n) is 7.33. The Kier molecular flexibility index (Phi) is 8.15. The maximum absolute atomic E-state index is 12.7. The number of carbonyl (C=O) groups is 3. The SMILES string of the molecule is COc1ccc(C(=O)O)cc1-c1ccc(C(=O)N[C@@H](CC(C)C)C(=O)NCC#N)cc1. The van der Waals surface area contributed by atoms with Gasteiger partial charge in [0.1, 0.15) is 18.3 Å². The zero-order valence-corrected chi connectivity index (χ0v) is 17.6. The molecule has 31 heavy (non-hydrogen) atoms. The average Bonchev–Trinajstić information content (AvgIpc) is 2.76. The first-order valence-corrected chi connectivity index (χ1v) is 9.74. The number of amides is 2.